The molecular weight excluding hydrogens is 266 g/mol. The lowest BCUT2D eigenvalue weighted by molar-refractivity contribution is 0.102. The molecule has 0 saturated carbocycles. The van der Waals surface area contributed by atoms with Gasteiger partial charge in [-0.3, -0.25) is 9.78 Å². The molecule has 5 heteroatoms. The average molecular weight is 285 g/mol. The summed E-state index contributed by atoms with van der Waals surface area (Å²) >= 11 is 0. The highest BCUT2D eigenvalue weighted by molar-refractivity contribution is 6.03. The van der Waals surface area contributed by atoms with Gasteiger partial charge in [0.25, 0.3) is 5.91 Å². The largest absolute Gasteiger partial charge is 0.494 e. The third-order valence-corrected chi connectivity index (χ3v) is 2.87. The second-order valence-electron chi connectivity index (χ2n) is 4.51. The number of rotatable bonds is 6. The van der Waals surface area contributed by atoms with Gasteiger partial charge < -0.3 is 15.4 Å². The van der Waals surface area contributed by atoms with Crippen LogP contribution in [0.15, 0.2) is 42.6 Å². The van der Waals surface area contributed by atoms with E-state index in [4.69, 9.17) is 4.74 Å². The molecule has 110 valence electrons. The Balaban J connectivity index is 2.01. The first kappa shape index (κ1) is 14.8. The molecule has 0 bridgehead atoms. The van der Waals surface area contributed by atoms with Crippen LogP contribution in [0, 0.1) is 0 Å². The van der Waals surface area contributed by atoms with Gasteiger partial charge in [0.15, 0.2) is 0 Å². The zero-order valence-electron chi connectivity index (χ0n) is 12.2. The minimum Gasteiger partial charge on any atom is -0.494 e. The van der Waals surface area contributed by atoms with Crippen molar-refractivity contribution in [2.75, 3.05) is 24.3 Å². The molecule has 1 amide bonds. The van der Waals surface area contributed by atoms with Crippen LogP contribution in [-0.4, -0.2) is 24.5 Å². The smallest absolute Gasteiger partial charge is 0.274 e. The summed E-state index contributed by atoms with van der Waals surface area (Å²) in [6.45, 7) is 2.74. The summed E-state index contributed by atoms with van der Waals surface area (Å²) in [6, 6.07) is 10.8. The molecule has 0 aliphatic heterocycles. The molecule has 2 aromatic rings. The molecular formula is C16H19N3O2. The van der Waals surface area contributed by atoms with E-state index in [-0.39, 0.29) is 5.91 Å². The summed E-state index contributed by atoms with van der Waals surface area (Å²) in [4.78, 5) is 16.2. The molecule has 2 N–H and O–H groups in total. The van der Waals surface area contributed by atoms with Crippen LogP contribution in [0.1, 0.15) is 23.8 Å². The van der Waals surface area contributed by atoms with Crippen LogP contribution in [0.25, 0.3) is 0 Å². The number of aromatic nitrogens is 1. The van der Waals surface area contributed by atoms with Gasteiger partial charge in [0.1, 0.15) is 11.4 Å². The van der Waals surface area contributed by atoms with Gasteiger partial charge in [-0.1, -0.05) is 6.92 Å². The highest BCUT2D eigenvalue weighted by Gasteiger charge is 2.08. The van der Waals surface area contributed by atoms with Crippen LogP contribution >= 0.6 is 0 Å². The van der Waals surface area contributed by atoms with E-state index in [1.54, 1.807) is 25.4 Å². The summed E-state index contributed by atoms with van der Waals surface area (Å²) in [5, 5.41) is 5.78. The van der Waals surface area contributed by atoms with E-state index in [2.05, 4.69) is 22.5 Å². The Morgan fingerprint density at radius 2 is 1.95 bits per heavy atom. The molecule has 0 aliphatic rings. The fourth-order valence-corrected chi connectivity index (χ4v) is 1.76. The highest BCUT2D eigenvalue weighted by Crippen LogP contribution is 2.17. The molecule has 21 heavy (non-hydrogen) atoms. The van der Waals surface area contributed by atoms with Gasteiger partial charge in [0.05, 0.1) is 6.61 Å². The number of hydrogen-bond donors (Lipinski definition) is 2. The molecule has 1 heterocycles. The molecule has 1 aromatic carbocycles. The van der Waals surface area contributed by atoms with Crippen LogP contribution < -0.4 is 15.4 Å². The number of pyridine rings is 1. The van der Waals surface area contributed by atoms with Crippen molar-refractivity contribution in [2.24, 2.45) is 0 Å². The average Bonchev–Trinajstić information content (AvgIpc) is 2.54. The molecule has 1 aromatic heterocycles. The maximum absolute atomic E-state index is 12.1. The SMILES string of the molecule is CCCOc1ccc(NC(=O)c2cc(NC)ccn2)cc1. The van der Waals surface area contributed by atoms with Crippen molar-refractivity contribution in [1.82, 2.24) is 4.98 Å². The molecule has 0 spiro atoms. The van der Waals surface area contributed by atoms with Crippen molar-refractivity contribution in [3.63, 3.8) is 0 Å². The monoisotopic (exact) mass is 285 g/mol. The summed E-state index contributed by atoms with van der Waals surface area (Å²) in [5.41, 5.74) is 1.92. The number of benzene rings is 1. The second-order valence-corrected chi connectivity index (χ2v) is 4.51. The lowest BCUT2D eigenvalue weighted by Crippen LogP contribution is -2.13. The number of ether oxygens (including phenoxy) is 1. The van der Waals surface area contributed by atoms with Crippen LogP contribution in [0.5, 0.6) is 5.75 Å². The van der Waals surface area contributed by atoms with Crippen LogP contribution in [0.4, 0.5) is 11.4 Å². The number of nitrogens with one attached hydrogen (secondary N) is 2. The first-order chi connectivity index (χ1) is 10.2. The molecule has 0 fully saturated rings. The number of hydrogen-bond acceptors (Lipinski definition) is 4. The lowest BCUT2D eigenvalue weighted by atomic mass is 10.2. The topological polar surface area (TPSA) is 63.2 Å². The van der Waals surface area contributed by atoms with E-state index in [1.807, 2.05) is 24.3 Å². The minimum absolute atomic E-state index is 0.241. The Kier molecular flexibility index (Phi) is 5.15. The molecule has 0 saturated heterocycles. The summed E-state index contributed by atoms with van der Waals surface area (Å²) in [6.07, 6.45) is 2.56. The Labute approximate surface area is 124 Å². The number of anilines is 2. The van der Waals surface area contributed by atoms with E-state index in [0.29, 0.717) is 18.0 Å². The van der Waals surface area contributed by atoms with Crippen molar-refractivity contribution >= 4 is 17.3 Å². The van der Waals surface area contributed by atoms with Gasteiger partial charge in [-0.25, -0.2) is 0 Å². The number of carbonyl (C=O) groups is 1. The zero-order chi connectivity index (χ0) is 15.1. The van der Waals surface area contributed by atoms with Crippen molar-refractivity contribution in [1.29, 1.82) is 0 Å². The van der Waals surface area contributed by atoms with Crippen molar-refractivity contribution < 1.29 is 9.53 Å². The molecule has 5 nitrogen and oxygen atoms in total. The van der Waals surface area contributed by atoms with E-state index in [0.717, 1.165) is 17.9 Å². The van der Waals surface area contributed by atoms with Crippen LogP contribution in [-0.2, 0) is 0 Å². The minimum atomic E-state index is -0.241. The van der Waals surface area contributed by atoms with E-state index in [9.17, 15) is 4.79 Å². The fraction of sp³-hybridized carbons (Fsp3) is 0.250. The Morgan fingerprint density at radius 1 is 1.19 bits per heavy atom. The highest BCUT2D eigenvalue weighted by atomic mass is 16.5. The third-order valence-electron chi connectivity index (χ3n) is 2.87. The molecule has 2 rings (SSSR count). The summed E-state index contributed by atoms with van der Waals surface area (Å²) in [7, 11) is 1.80. The quantitative estimate of drug-likeness (QED) is 0.855. The Morgan fingerprint density at radius 3 is 2.62 bits per heavy atom. The number of nitrogens with zero attached hydrogens (tertiary/aromatic N) is 1. The zero-order valence-corrected chi connectivity index (χ0v) is 12.2. The van der Waals surface area contributed by atoms with Crippen LogP contribution in [0.2, 0.25) is 0 Å². The predicted octanol–water partition coefficient (Wildman–Crippen LogP) is 3.16. The lowest BCUT2D eigenvalue weighted by Gasteiger charge is -2.08. The normalized spacial score (nSPS) is 10.0. The van der Waals surface area contributed by atoms with Crippen molar-refractivity contribution in [2.45, 2.75) is 13.3 Å². The summed E-state index contributed by atoms with van der Waals surface area (Å²) in [5.74, 6) is 0.555. The Hall–Kier alpha value is -2.56. The van der Waals surface area contributed by atoms with Crippen LogP contribution in [0.3, 0.4) is 0 Å². The van der Waals surface area contributed by atoms with Gasteiger partial charge in [-0.05, 0) is 42.8 Å². The number of carbonyl (C=O) groups excluding carboxylic acids is 1. The Bertz CT molecular complexity index is 597. The molecule has 0 atom stereocenters. The second kappa shape index (κ2) is 7.28. The van der Waals surface area contributed by atoms with Gasteiger partial charge in [-0.2, -0.15) is 0 Å². The molecule has 0 unspecified atom stereocenters. The molecule has 0 aliphatic carbocycles. The van der Waals surface area contributed by atoms with Gasteiger partial charge >= 0.3 is 0 Å². The fourth-order valence-electron chi connectivity index (χ4n) is 1.76. The number of amides is 1. The van der Waals surface area contributed by atoms with Gasteiger partial charge in [0, 0.05) is 24.6 Å². The van der Waals surface area contributed by atoms with Gasteiger partial charge in [0.2, 0.25) is 0 Å². The predicted molar refractivity (Wildman–Crippen MR) is 84.0 cm³/mol. The maximum Gasteiger partial charge on any atom is 0.274 e. The van der Waals surface area contributed by atoms with Crippen molar-refractivity contribution in [3.8, 4) is 5.75 Å². The third kappa shape index (κ3) is 4.21. The first-order valence-electron chi connectivity index (χ1n) is 6.91. The maximum atomic E-state index is 12.1. The van der Waals surface area contributed by atoms with E-state index < -0.39 is 0 Å². The standard InChI is InChI=1S/C16H19N3O2/c1-3-10-21-14-6-4-12(5-7-14)19-16(20)15-11-13(17-2)8-9-18-15/h4-9,11H,3,10H2,1-2H3,(H,17,18)(H,19,20). The van der Waals surface area contributed by atoms with E-state index in [1.165, 1.54) is 0 Å². The van der Waals surface area contributed by atoms with Gasteiger partial charge in [-0.15, -0.1) is 0 Å². The van der Waals surface area contributed by atoms with E-state index >= 15 is 0 Å². The summed E-state index contributed by atoms with van der Waals surface area (Å²) < 4.78 is 5.50. The van der Waals surface area contributed by atoms with Crippen molar-refractivity contribution in [3.05, 3.63) is 48.3 Å². The molecule has 0 radical (unpaired) electrons. The first-order valence-corrected chi connectivity index (χ1v) is 6.91.